The second-order valence-corrected chi connectivity index (χ2v) is 6.84. The Labute approximate surface area is 164 Å². The van der Waals surface area contributed by atoms with Gasteiger partial charge >= 0.3 is 17.8 Å². The molecule has 2 aliphatic rings. The van der Waals surface area contributed by atoms with Gasteiger partial charge < -0.3 is 14.5 Å². The highest BCUT2D eigenvalue weighted by Gasteiger charge is 2.38. The number of nitrogens with zero attached hydrogens (tertiary/aromatic N) is 1. The summed E-state index contributed by atoms with van der Waals surface area (Å²) in [7, 11) is 0. The first-order valence-corrected chi connectivity index (χ1v) is 9.40. The van der Waals surface area contributed by atoms with E-state index in [1.54, 1.807) is 0 Å². The van der Waals surface area contributed by atoms with Crippen molar-refractivity contribution in [2.45, 2.75) is 45.2 Å². The number of urea groups is 1. The predicted molar refractivity (Wildman–Crippen MR) is 95.8 cm³/mol. The van der Waals surface area contributed by atoms with Crippen molar-refractivity contribution in [2.24, 2.45) is 0 Å². The van der Waals surface area contributed by atoms with Crippen LogP contribution in [0.25, 0.3) is 5.57 Å². The van der Waals surface area contributed by atoms with Crippen LogP contribution in [-0.4, -0.2) is 36.5 Å². The number of rotatable bonds is 7. The molecule has 1 fully saturated rings. The second kappa shape index (κ2) is 8.30. The first kappa shape index (κ1) is 20.9. The third kappa shape index (κ3) is 4.46. The average molecular weight is 414 g/mol. The van der Waals surface area contributed by atoms with Crippen LogP contribution in [0.1, 0.15) is 49.5 Å². The van der Waals surface area contributed by atoms with Gasteiger partial charge in [0.05, 0.1) is 18.7 Å². The second-order valence-electron chi connectivity index (χ2n) is 6.84. The monoisotopic (exact) mass is 414 g/mol. The lowest BCUT2D eigenvalue weighted by atomic mass is 9.89. The molecule has 1 aliphatic carbocycles. The summed E-state index contributed by atoms with van der Waals surface area (Å²) in [5.41, 5.74) is -1.57. The van der Waals surface area contributed by atoms with Crippen LogP contribution in [0, 0.1) is 0 Å². The van der Waals surface area contributed by atoms with Crippen LogP contribution in [0.15, 0.2) is 21.0 Å². The van der Waals surface area contributed by atoms with E-state index in [9.17, 15) is 27.6 Å². The van der Waals surface area contributed by atoms with Gasteiger partial charge in [0.1, 0.15) is 11.5 Å². The van der Waals surface area contributed by atoms with E-state index in [-0.39, 0.29) is 49.8 Å². The Balaban J connectivity index is 1.79. The van der Waals surface area contributed by atoms with E-state index in [0.717, 1.165) is 4.90 Å². The van der Waals surface area contributed by atoms with E-state index in [4.69, 9.17) is 9.15 Å². The molecule has 0 aromatic carbocycles. The molecule has 1 aromatic rings. The van der Waals surface area contributed by atoms with Crippen molar-refractivity contribution in [3.8, 4) is 0 Å². The fourth-order valence-electron chi connectivity index (χ4n) is 3.54. The summed E-state index contributed by atoms with van der Waals surface area (Å²) in [5, 5.41) is 2.42. The van der Waals surface area contributed by atoms with Gasteiger partial charge in [-0.1, -0.05) is 13.3 Å². The molecule has 0 atom stereocenters. The van der Waals surface area contributed by atoms with Gasteiger partial charge in [0.25, 0.3) is 0 Å². The number of halogens is 3. The lowest BCUT2D eigenvalue weighted by Gasteiger charge is -2.24. The topological polar surface area (TPSA) is 88.9 Å². The lowest BCUT2D eigenvalue weighted by Crippen LogP contribution is -2.32. The number of allylic oxidation sites excluding steroid dienone is 2. The van der Waals surface area contributed by atoms with Gasteiger partial charge in [-0.15, -0.1) is 0 Å². The average Bonchev–Trinajstić information content (AvgIpc) is 2.97. The molecule has 2 heterocycles. The maximum atomic E-state index is 13.3. The molecule has 10 heteroatoms. The van der Waals surface area contributed by atoms with Gasteiger partial charge in [0.2, 0.25) is 5.91 Å². The third-order valence-electron chi connectivity index (χ3n) is 4.82. The fraction of sp³-hybridized carbons (Fsp3) is 0.526. The van der Waals surface area contributed by atoms with Crippen molar-refractivity contribution in [2.75, 3.05) is 19.7 Å². The molecular formula is C19H21F3N2O5. The molecule has 0 radical (unpaired) electrons. The van der Waals surface area contributed by atoms with E-state index < -0.39 is 23.4 Å². The summed E-state index contributed by atoms with van der Waals surface area (Å²) < 4.78 is 50.9. The number of amides is 3. The molecule has 0 unspecified atom stereocenters. The number of fused-ring (bicyclic) bond motifs is 1. The minimum atomic E-state index is -4.64. The van der Waals surface area contributed by atoms with Gasteiger partial charge in [-0.2, -0.15) is 13.2 Å². The van der Waals surface area contributed by atoms with Gasteiger partial charge in [-0.25, -0.2) is 9.59 Å². The molecule has 3 rings (SSSR count). The molecule has 1 saturated heterocycles. The van der Waals surface area contributed by atoms with Gasteiger partial charge in [0, 0.05) is 30.2 Å². The third-order valence-corrected chi connectivity index (χ3v) is 4.82. The number of alkyl halides is 3. The number of carbonyl (C=O) groups is 2. The quantitative estimate of drug-likeness (QED) is 0.547. The van der Waals surface area contributed by atoms with E-state index in [1.165, 1.54) is 0 Å². The molecule has 7 nitrogen and oxygen atoms in total. The normalized spacial score (nSPS) is 16.9. The summed E-state index contributed by atoms with van der Waals surface area (Å²) in [4.78, 5) is 35.9. The summed E-state index contributed by atoms with van der Waals surface area (Å²) in [5.74, 6) is 0.120. The summed E-state index contributed by atoms with van der Waals surface area (Å²) in [6.07, 6.45) is -2.94. The van der Waals surface area contributed by atoms with Crippen molar-refractivity contribution < 1.29 is 31.9 Å². The van der Waals surface area contributed by atoms with Crippen LogP contribution in [0.5, 0.6) is 0 Å². The van der Waals surface area contributed by atoms with Crippen molar-refractivity contribution in [1.82, 2.24) is 10.2 Å². The molecule has 1 N–H and O–H groups in total. The summed E-state index contributed by atoms with van der Waals surface area (Å²) >= 11 is 0. The number of hydrogen-bond acceptors (Lipinski definition) is 5. The van der Waals surface area contributed by atoms with Crippen molar-refractivity contribution in [1.29, 1.82) is 0 Å². The zero-order valence-electron chi connectivity index (χ0n) is 15.9. The van der Waals surface area contributed by atoms with Crippen LogP contribution in [0.4, 0.5) is 18.0 Å². The highest BCUT2D eigenvalue weighted by Crippen LogP contribution is 2.40. The van der Waals surface area contributed by atoms with E-state index in [1.807, 2.05) is 6.92 Å². The highest BCUT2D eigenvalue weighted by atomic mass is 19.4. The van der Waals surface area contributed by atoms with Crippen LogP contribution in [0.3, 0.4) is 0 Å². The van der Waals surface area contributed by atoms with Crippen molar-refractivity contribution in [3.63, 3.8) is 0 Å². The van der Waals surface area contributed by atoms with Gasteiger partial charge in [0.15, 0.2) is 0 Å². The van der Waals surface area contributed by atoms with E-state index in [2.05, 4.69) is 5.32 Å². The number of hydrogen-bond donors (Lipinski definition) is 1. The van der Waals surface area contributed by atoms with E-state index >= 15 is 0 Å². The van der Waals surface area contributed by atoms with Crippen molar-refractivity contribution >= 4 is 17.5 Å². The number of carbonyl (C=O) groups excluding carboxylic acids is 2. The molecule has 3 amide bonds. The van der Waals surface area contributed by atoms with Crippen LogP contribution < -0.4 is 10.9 Å². The lowest BCUT2D eigenvalue weighted by molar-refractivity contribution is -0.138. The smallest absolute Gasteiger partial charge is 0.417 e. The summed E-state index contributed by atoms with van der Waals surface area (Å²) in [6, 6.07) is 0.0424. The molecule has 29 heavy (non-hydrogen) atoms. The number of ether oxygens (including phenoxy) is 1. The molecule has 158 valence electrons. The van der Waals surface area contributed by atoms with Crippen molar-refractivity contribution in [3.05, 3.63) is 39.1 Å². The van der Waals surface area contributed by atoms with Gasteiger partial charge in [-0.05, 0) is 19.3 Å². The number of imide groups is 1. The maximum Gasteiger partial charge on any atom is 0.417 e. The Morgan fingerprint density at radius 2 is 2.00 bits per heavy atom. The summed E-state index contributed by atoms with van der Waals surface area (Å²) in [6.45, 7) is 2.20. The fourth-order valence-corrected chi connectivity index (χ4v) is 3.54. The first-order chi connectivity index (χ1) is 13.7. The minimum Gasteiger partial charge on any atom is -0.497 e. The highest BCUT2D eigenvalue weighted by molar-refractivity contribution is 6.01. The largest absolute Gasteiger partial charge is 0.497 e. The van der Waals surface area contributed by atoms with Crippen LogP contribution in [0.2, 0.25) is 0 Å². The first-order valence-electron chi connectivity index (χ1n) is 9.40. The molecule has 0 bridgehead atoms. The van der Waals surface area contributed by atoms with Crippen LogP contribution in [-0.2, 0) is 22.1 Å². The van der Waals surface area contributed by atoms with Crippen LogP contribution >= 0.6 is 0 Å². The Morgan fingerprint density at radius 3 is 2.62 bits per heavy atom. The van der Waals surface area contributed by atoms with Gasteiger partial charge in [-0.3, -0.25) is 9.69 Å². The maximum absolute atomic E-state index is 13.3. The Kier molecular flexibility index (Phi) is 5.99. The molecule has 1 aromatic heterocycles. The molecule has 1 aliphatic heterocycles. The predicted octanol–water partition coefficient (Wildman–Crippen LogP) is 3.07. The Bertz CT molecular complexity index is 888. The van der Waals surface area contributed by atoms with E-state index in [0.29, 0.717) is 36.7 Å². The SMILES string of the molecule is CCCC1=C(OCCCN2C(=O)CNC2=O)CCc2c(C(F)(F)F)cc(=O)oc21. The Morgan fingerprint density at radius 1 is 1.24 bits per heavy atom. The number of nitrogens with one attached hydrogen (secondary N) is 1. The zero-order valence-corrected chi connectivity index (χ0v) is 15.9. The molecular weight excluding hydrogens is 393 g/mol. The minimum absolute atomic E-state index is 0.0211. The Hall–Kier alpha value is -2.78. The molecule has 0 saturated carbocycles. The zero-order chi connectivity index (χ0) is 21.2. The standard InChI is InChI=1S/C19H21F3N2O5/c1-2-4-12-14(28-8-3-7-24-15(25)10-23-18(24)27)6-5-11-13(19(20,21)22)9-16(26)29-17(11)12/h9H,2-8,10H2,1H3,(H,23,27). The molecule has 0 spiro atoms.